The first-order chi connectivity index (χ1) is 24.7. The predicted octanol–water partition coefficient (Wildman–Crippen LogP) is 9.73. The molecule has 0 aromatic heterocycles. The number of nitrogens with one attached hydrogen (secondary N) is 2. The fourth-order valence-corrected chi connectivity index (χ4v) is 7.46. The fourth-order valence-electron chi connectivity index (χ4n) is 6.47. The number of para-hydroxylation sites is 3. The molecule has 1 aliphatic carbocycles. The number of carbonyl (C=O) groups excluding carboxylic acids is 2. The van der Waals surface area contributed by atoms with Gasteiger partial charge in [-0.1, -0.05) is 91.9 Å². The van der Waals surface area contributed by atoms with Gasteiger partial charge < -0.3 is 30.7 Å². The van der Waals surface area contributed by atoms with Crippen LogP contribution in [0.1, 0.15) is 66.9 Å². The summed E-state index contributed by atoms with van der Waals surface area (Å²) in [5.74, 6) is -0.800. The molecule has 0 unspecified atom stereocenters. The molecule has 4 N–H and O–H groups in total. The highest BCUT2D eigenvalue weighted by Gasteiger charge is 2.29. The van der Waals surface area contributed by atoms with Gasteiger partial charge in [-0.05, 0) is 88.8 Å². The number of benzene rings is 4. The van der Waals surface area contributed by atoms with Crippen molar-refractivity contribution in [3.8, 4) is 0 Å². The summed E-state index contributed by atoms with van der Waals surface area (Å²) in [5, 5.41) is 7.97. The Morgan fingerprint density at radius 1 is 0.863 bits per heavy atom. The van der Waals surface area contributed by atoms with Gasteiger partial charge in [-0.2, -0.15) is 0 Å². The van der Waals surface area contributed by atoms with Crippen LogP contribution < -0.4 is 21.3 Å². The van der Waals surface area contributed by atoms with Gasteiger partial charge in [0.1, 0.15) is 13.2 Å². The van der Waals surface area contributed by atoms with E-state index in [2.05, 4.69) is 33.5 Å². The van der Waals surface area contributed by atoms with Gasteiger partial charge in [0.05, 0.1) is 46.5 Å². The molecule has 11 heteroatoms. The Hall–Kier alpha value is -3.76. The number of anilines is 4. The van der Waals surface area contributed by atoms with Crippen molar-refractivity contribution in [1.29, 1.82) is 0 Å². The fraction of sp³-hybridized carbons (Fsp3) is 0.350. The van der Waals surface area contributed by atoms with Crippen LogP contribution in [0.5, 0.6) is 0 Å². The molecule has 1 fully saturated rings. The number of nitrogen functional groups attached to an aromatic ring is 1. The number of rotatable bonds is 16. The van der Waals surface area contributed by atoms with Crippen molar-refractivity contribution in [3.63, 3.8) is 0 Å². The number of halogens is 3. The van der Waals surface area contributed by atoms with Crippen LogP contribution in [0.4, 0.5) is 22.7 Å². The third kappa shape index (κ3) is 10.6. The van der Waals surface area contributed by atoms with Crippen molar-refractivity contribution in [2.24, 2.45) is 0 Å². The van der Waals surface area contributed by atoms with Crippen LogP contribution in [0.15, 0.2) is 89.4 Å². The predicted molar refractivity (Wildman–Crippen MR) is 211 cm³/mol. The number of carbonyl (C=O) groups is 2. The lowest BCUT2D eigenvalue weighted by atomic mass is 9.79. The van der Waals surface area contributed by atoms with E-state index in [4.69, 9.17) is 38.4 Å². The molecule has 0 radical (unpaired) electrons. The second-order valence-electron chi connectivity index (χ2n) is 12.8. The first kappa shape index (κ1) is 38.5. The van der Waals surface area contributed by atoms with E-state index < -0.39 is 5.97 Å². The van der Waals surface area contributed by atoms with Crippen molar-refractivity contribution >= 4 is 73.8 Å². The lowest BCUT2D eigenvalue weighted by Crippen LogP contribution is -2.45. The topological polar surface area (TPSA) is 106 Å². The Bertz CT molecular complexity index is 1770. The molecule has 8 nitrogen and oxygen atoms in total. The molecule has 0 aliphatic heterocycles. The molecule has 0 spiro atoms. The average Bonchev–Trinajstić information content (AvgIpc) is 3.14. The minimum absolute atomic E-state index is 0.0578. The lowest BCUT2D eigenvalue weighted by molar-refractivity contribution is -0.142. The molecule has 4 aromatic carbocycles. The molecular formula is C40H45BrCl2N4O4. The maximum atomic E-state index is 13.2. The first-order valence-corrected chi connectivity index (χ1v) is 19.0. The zero-order valence-electron chi connectivity index (χ0n) is 28.9. The van der Waals surface area contributed by atoms with Crippen molar-refractivity contribution in [1.82, 2.24) is 5.32 Å². The van der Waals surface area contributed by atoms with Gasteiger partial charge in [0.25, 0.3) is 0 Å². The SMILES string of the molecule is CCC1(NCc2cc(C(=O)OCCN(CCOC(=O)Cc3ccccc3Nc3c(Cl)cccc3Cl)c3ccccc3)cc(Br)c2N)CCCCC1. The second-order valence-corrected chi connectivity index (χ2v) is 14.5. The van der Waals surface area contributed by atoms with E-state index in [1.807, 2.05) is 65.6 Å². The van der Waals surface area contributed by atoms with Gasteiger partial charge in [0.15, 0.2) is 0 Å². The number of nitrogens with zero attached hydrogens (tertiary/aromatic N) is 1. The highest BCUT2D eigenvalue weighted by atomic mass is 79.9. The summed E-state index contributed by atoms with van der Waals surface area (Å²) in [6.45, 7) is 3.91. The number of ether oxygens (including phenoxy) is 2. The van der Waals surface area contributed by atoms with E-state index in [1.165, 1.54) is 19.3 Å². The zero-order valence-corrected chi connectivity index (χ0v) is 32.0. The molecule has 0 heterocycles. The highest BCUT2D eigenvalue weighted by molar-refractivity contribution is 9.10. The number of hydrogen-bond donors (Lipinski definition) is 3. The second kappa shape index (κ2) is 18.6. The summed E-state index contributed by atoms with van der Waals surface area (Å²) >= 11 is 16.3. The van der Waals surface area contributed by atoms with Crippen LogP contribution in [0, 0.1) is 0 Å². The molecule has 0 bridgehead atoms. The number of esters is 2. The van der Waals surface area contributed by atoms with Crippen molar-refractivity contribution in [2.75, 3.05) is 42.3 Å². The monoisotopic (exact) mass is 794 g/mol. The maximum Gasteiger partial charge on any atom is 0.338 e. The quantitative estimate of drug-likeness (QED) is 0.0761. The third-order valence-electron chi connectivity index (χ3n) is 9.51. The Morgan fingerprint density at radius 2 is 1.53 bits per heavy atom. The van der Waals surface area contributed by atoms with Gasteiger partial charge in [-0.3, -0.25) is 4.79 Å². The van der Waals surface area contributed by atoms with Crippen LogP contribution in [0.2, 0.25) is 10.0 Å². The Kier molecular flexibility index (Phi) is 14.1. The summed E-state index contributed by atoms with van der Waals surface area (Å²) < 4.78 is 12.1. The summed E-state index contributed by atoms with van der Waals surface area (Å²) in [4.78, 5) is 28.2. The summed E-state index contributed by atoms with van der Waals surface area (Å²) in [6, 6.07) is 26.0. The van der Waals surface area contributed by atoms with Crippen LogP contribution >= 0.6 is 39.1 Å². The van der Waals surface area contributed by atoms with Crippen molar-refractivity contribution in [3.05, 3.63) is 116 Å². The van der Waals surface area contributed by atoms with Crippen LogP contribution in [0.3, 0.4) is 0 Å². The van der Waals surface area contributed by atoms with Gasteiger partial charge in [-0.15, -0.1) is 0 Å². The number of hydrogen-bond acceptors (Lipinski definition) is 8. The standard InChI is InChI=1S/C40H45BrCl2N4O4/c1-2-40(18-9-4-10-19-40)45-27-30-24-29(25-32(41)37(30)44)39(49)51-23-21-47(31-13-5-3-6-14-31)20-22-50-36(48)26-28-12-7-8-17-35(28)46-38-33(42)15-11-16-34(38)43/h3,5-8,11-17,24-25,45-46H,2,4,9-10,18-23,26-27,44H2,1H3. The Balaban J connectivity index is 1.16. The van der Waals surface area contributed by atoms with E-state index in [0.29, 0.717) is 56.8 Å². The van der Waals surface area contributed by atoms with Crippen LogP contribution in [-0.4, -0.2) is 43.8 Å². The molecule has 5 rings (SSSR count). The van der Waals surface area contributed by atoms with E-state index in [1.54, 1.807) is 24.3 Å². The zero-order chi connectivity index (χ0) is 36.2. The first-order valence-electron chi connectivity index (χ1n) is 17.4. The molecule has 51 heavy (non-hydrogen) atoms. The minimum atomic E-state index is -0.426. The molecule has 0 atom stereocenters. The van der Waals surface area contributed by atoms with Gasteiger partial charge >= 0.3 is 11.9 Å². The van der Waals surface area contributed by atoms with Crippen LogP contribution in [-0.2, 0) is 27.2 Å². The van der Waals surface area contributed by atoms with Crippen LogP contribution in [0.25, 0.3) is 0 Å². The summed E-state index contributed by atoms with van der Waals surface area (Å²) in [5.41, 5.74) is 11.4. The maximum absolute atomic E-state index is 13.2. The summed E-state index contributed by atoms with van der Waals surface area (Å²) in [6.07, 6.45) is 7.14. The number of nitrogens with two attached hydrogens (primary N) is 1. The van der Waals surface area contributed by atoms with E-state index in [9.17, 15) is 9.59 Å². The third-order valence-corrected chi connectivity index (χ3v) is 10.8. The van der Waals surface area contributed by atoms with Crippen molar-refractivity contribution in [2.45, 2.75) is 64.0 Å². The molecule has 0 saturated heterocycles. The lowest BCUT2D eigenvalue weighted by Gasteiger charge is -2.38. The van der Waals surface area contributed by atoms with E-state index in [0.717, 1.165) is 36.1 Å². The molecule has 1 aliphatic rings. The minimum Gasteiger partial charge on any atom is -0.464 e. The smallest absolute Gasteiger partial charge is 0.338 e. The molecule has 0 amide bonds. The summed E-state index contributed by atoms with van der Waals surface area (Å²) in [7, 11) is 0. The molecule has 270 valence electrons. The van der Waals surface area contributed by atoms with Gasteiger partial charge in [0.2, 0.25) is 0 Å². The van der Waals surface area contributed by atoms with Gasteiger partial charge in [0, 0.05) is 27.9 Å². The van der Waals surface area contributed by atoms with E-state index in [-0.39, 0.29) is 31.1 Å². The highest BCUT2D eigenvalue weighted by Crippen LogP contribution is 2.34. The largest absolute Gasteiger partial charge is 0.464 e. The molecule has 4 aromatic rings. The average molecular weight is 797 g/mol. The van der Waals surface area contributed by atoms with Gasteiger partial charge in [-0.25, -0.2) is 4.79 Å². The Morgan fingerprint density at radius 3 is 2.24 bits per heavy atom. The van der Waals surface area contributed by atoms with E-state index >= 15 is 0 Å². The molecular weight excluding hydrogens is 751 g/mol. The van der Waals surface area contributed by atoms with Crippen molar-refractivity contribution < 1.29 is 19.1 Å². The molecule has 1 saturated carbocycles. The Labute approximate surface area is 319 Å². The normalized spacial score (nSPS) is 13.7.